The van der Waals surface area contributed by atoms with Crippen LogP contribution in [0.15, 0.2) is 28.2 Å². The first-order valence-corrected chi connectivity index (χ1v) is 8.38. The van der Waals surface area contributed by atoms with Gasteiger partial charge in [0.05, 0.1) is 0 Å². The number of hydrogen-bond acceptors (Lipinski definition) is 4. The van der Waals surface area contributed by atoms with Crippen LogP contribution in [0.3, 0.4) is 0 Å². The Morgan fingerprint density at radius 3 is 2.65 bits per heavy atom. The van der Waals surface area contributed by atoms with Crippen LogP contribution in [0.25, 0.3) is 0 Å². The van der Waals surface area contributed by atoms with Gasteiger partial charge in [0.2, 0.25) is 5.88 Å². The van der Waals surface area contributed by atoms with E-state index in [1.165, 1.54) is 22.4 Å². The molecule has 0 atom stereocenters. The van der Waals surface area contributed by atoms with Gasteiger partial charge in [0.25, 0.3) is 5.56 Å². The molecule has 1 aromatic carbocycles. The highest BCUT2D eigenvalue weighted by Crippen LogP contribution is 2.25. The van der Waals surface area contributed by atoms with Gasteiger partial charge >= 0.3 is 0 Å². The first-order valence-electron chi connectivity index (χ1n) is 6.78. The van der Waals surface area contributed by atoms with Gasteiger partial charge in [0, 0.05) is 17.7 Å². The third-order valence-electron chi connectivity index (χ3n) is 3.08. The van der Waals surface area contributed by atoms with Gasteiger partial charge in [-0.3, -0.25) is 9.36 Å². The van der Waals surface area contributed by atoms with E-state index < -0.39 is 17.2 Å². The van der Waals surface area contributed by atoms with E-state index in [9.17, 15) is 13.6 Å². The molecule has 2 rings (SSSR count). The molecule has 1 heterocycles. The molecule has 0 saturated carbocycles. The van der Waals surface area contributed by atoms with E-state index in [4.69, 9.17) is 16.3 Å². The lowest BCUT2D eigenvalue weighted by atomic mass is 10.2. The highest BCUT2D eigenvalue weighted by molar-refractivity contribution is 7.98. The van der Waals surface area contributed by atoms with Crippen molar-refractivity contribution in [1.29, 1.82) is 0 Å². The lowest BCUT2D eigenvalue weighted by Crippen LogP contribution is -2.26. The summed E-state index contributed by atoms with van der Waals surface area (Å²) in [5.41, 5.74) is -0.279. The van der Waals surface area contributed by atoms with Crippen LogP contribution in [-0.4, -0.2) is 15.8 Å². The third-order valence-corrected chi connectivity index (χ3v) is 4.05. The minimum atomic E-state index is -0.735. The molecule has 1 aromatic heterocycles. The van der Waals surface area contributed by atoms with Crippen molar-refractivity contribution < 1.29 is 13.5 Å². The summed E-state index contributed by atoms with van der Waals surface area (Å²) < 4.78 is 33.3. The second kappa shape index (κ2) is 7.31. The molecule has 0 bridgehead atoms. The zero-order valence-corrected chi connectivity index (χ0v) is 14.3. The predicted octanol–water partition coefficient (Wildman–Crippen LogP) is 4.06. The van der Waals surface area contributed by atoms with Gasteiger partial charge in [-0.15, -0.1) is 0 Å². The Balaban J connectivity index is 2.33. The molecular formula is C15H15ClF2N2O2S. The van der Waals surface area contributed by atoms with Crippen molar-refractivity contribution in [3.63, 3.8) is 0 Å². The topological polar surface area (TPSA) is 44.1 Å². The quantitative estimate of drug-likeness (QED) is 0.596. The van der Waals surface area contributed by atoms with Crippen LogP contribution in [0, 0.1) is 11.6 Å². The van der Waals surface area contributed by atoms with Crippen molar-refractivity contribution in [3.05, 3.63) is 50.8 Å². The molecule has 0 aliphatic rings. The van der Waals surface area contributed by atoms with Gasteiger partial charge in [-0.2, -0.15) is 4.98 Å². The Bertz CT molecular complexity index is 781. The molecule has 124 valence electrons. The predicted molar refractivity (Wildman–Crippen MR) is 86.4 cm³/mol. The van der Waals surface area contributed by atoms with Gasteiger partial charge in [-0.05, 0) is 32.2 Å². The number of aromatic nitrogens is 2. The summed E-state index contributed by atoms with van der Waals surface area (Å²) in [6.07, 6.45) is 1.78. The molecule has 0 unspecified atom stereocenters. The van der Waals surface area contributed by atoms with Crippen molar-refractivity contribution in [1.82, 2.24) is 9.55 Å². The molecule has 8 heteroatoms. The number of ether oxygens (including phenoxy) is 1. The van der Waals surface area contributed by atoms with Crippen LogP contribution in [0.1, 0.15) is 25.5 Å². The first kappa shape index (κ1) is 17.7. The average Bonchev–Trinajstić information content (AvgIpc) is 2.49. The Morgan fingerprint density at radius 2 is 2.09 bits per heavy atom. The van der Waals surface area contributed by atoms with Gasteiger partial charge in [0.1, 0.15) is 18.2 Å². The zero-order chi connectivity index (χ0) is 17.1. The Kier molecular flexibility index (Phi) is 5.64. The number of nitrogens with zero attached hydrogens (tertiary/aromatic N) is 2. The largest absolute Gasteiger partial charge is 0.471 e. The highest BCUT2D eigenvalue weighted by atomic mass is 35.5. The van der Waals surface area contributed by atoms with Crippen LogP contribution >= 0.6 is 23.4 Å². The van der Waals surface area contributed by atoms with Crippen molar-refractivity contribution in [2.24, 2.45) is 0 Å². The maximum Gasteiger partial charge on any atom is 0.277 e. The van der Waals surface area contributed by atoms with Crippen LogP contribution < -0.4 is 10.3 Å². The summed E-state index contributed by atoms with van der Waals surface area (Å²) in [6.45, 7) is 3.47. The second-order valence-electron chi connectivity index (χ2n) is 5.01. The molecule has 0 fully saturated rings. The van der Waals surface area contributed by atoms with Crippen molar-refractivity contribution in [2.75, 3.05) is 6.26 Å². The number of halogens is 3. The Morgan fingerprint density at radius 1 is 1.39 bits per heavy atom. The van der Waals surface area contributed by atoms with Gasteiger partial charge in [-0.25, -0.2) is 8.78 Å². The Labute approximate surface area is 141 Å². The van der Waals surface area contributed by atoms with Gasteiger partial charge in [-0.1, -0.05) is 23.4 Å². The zero-order valence-electron chi connectivity index (χ0n) is 12.8. The molecule has 0 saturated heterocycles. The maximum atomic E-state index is 13.6. The minimum absolute atomic E-state index is 0.0679. The number of thioether (sulfide) groups is 1. The standard InChI is InChI=1S/C15H15ClF2N2O2S/c1-8(2)20-14(21)12(16)13(19-15(20)23-3)22-7-9-4-5-10(17)6-11(9)18/h4-6,8H,7H2,1-3H3. The maximum absolute atomic E-state index is 13.6. The van der Waals surface area contributed by atoms with Gasteiger partial charge in [0.15, 0.2) is 10.2 Å². The molecule has 23 heavy (non-hydrogen) atoms. The fourth-order valence-corrected chi connectivity index (χ4v) is 2.81. The van der Waals surface area contributed by atoms with E-state index in [0.29, 0.717) is 5.16 Å². The van der Waals surface area contributed by atoms with Crippen LogP contribution in [0.2, 0.25) is 5.02 Å². The number of rotatable bonds is 5. The van der Waals surface area contributed by atoms with E-state index >= 15 is 0 Å². The highest BCUT2D eigenvalue weighted by Gasteiger charge is 2.18. The molecule has 0 amide bonds. The number of benzene rings is 1. The lowest BCUT2D eigenvalue weighted by molar-refractivity contribution is 0.281. The summed E-state index contributed by atoms with van der Waals surface area (Å²) in [7, 11) is 0. The van der Waals surface area contributed by atoms with Crippen LogP contribution in [-0.2, 0) is 6.61 Å². The lowest BCUT2D eigenvalue weighted by Gasteiger charge is -2.16. The summed E-state index contributed by atoms with van der Waals surface area (Å²) in [4.78, 5) is 16.5. The minimum Gasteiger partial charge on any atom is -0.471 e. The van der Waals surface area contributed by atoms with E-state index in [1.54, 1.807) is 6.26 Å². The van der Waals surface area contributed by atoms with E-state index in [0.717, 1.165) is 12.1 Å². The summed E-state index contributed by atoms with van der Waals surface area (Å²) in [5, 5.41) is 0.281. The SMILES string of the molecule is CSc1nc(OCc2ccc(F)cc2F)c(Cl)c(=O)n1C(C)C. The molecular weight excluding hydrogens is 346 g/mol. The van der Waals surface area contributed by atoms with Crippen molar-refractivity contribution in [3.8, 4) is 5.88 Å². The molecule has 0 radical (unpaired) electrons. The molecule has 0 aliphatic carbocycles. The Hall–Kier alpha value is -1.60. The van der Waals surface area contributed by atoms with Crippen molar-refractivity contribution in [2.45, 2.75) is 31.7 Å². The monoisotopic (exact) mass is 360 g/mol. The normalized spacial score (nSPS) is 11.1. The molecule has 4 nitrogen and oxygen atoms in total. The molecule has 2 aromatic rings. The molecule has 0 spiro atoms. The second-order valence-corrected chi connectivity index (χ2v) is 6.16. The molecule has 0 N–H and O–H groups in total. The third kappa shape index (κ3) is 3.84. The van der Waals surface area contributed by atoms with E-state index in [1.807, 2.05) is 13.8 Å². The van der Waals surface area contributed by atoms with Crippen LogP contribution in [0.4, 0.5) is 8.78 Å². The summed E-state index contributed by atoms with van der Waals surface area (Å²) in [6, 6.07) is 3.04. The summed E-state index contributed by atoms with van der Waals surface area (Å²) >= 11 is 7.30. The first-order chi connectivity index (χ1) is 10.8. The van der Waals surface area contributed by atoms with E-state index in [-0.39, 0.29) is 29.1 Å². The van der Waals surface area contributed by atoms with E-state index in [2.05, 4.69) is 4.98 Å². The van der Waals surface area contributed by atoms with Crippen LogP contribution in [0.5, 0.6) is 5.88 Å². The van der Waals surface area contributed by atoms with Crippen molar-refractivity contribution >= 4 is 23.4 Å². The average molecular weight is 361 g/mol. The fraction of sp³-hybridized carbons (Fsp3) is 0.333. The smallest absolute Gasteiger partial charge is 0.277 e. The number of hydrogen-bond donors (Lipinski definition) is 0. The van der Waals surface area contributed by atoms with Gasteiger partial charge < -0.3 is 4.74 Å². The fourth-order valence-electron chi connectivity index (χ4n) is 1.95. The molecule has 0 aliphatic heterocycles. The summed E-state index contributed by atoms with van der Waals surface area (Å²) in [5.74, 6) is -1.48.